The van der Waals surface area contributed by atoms with E-state index in [0.717, 1.165) is 35.9 Å². The van der Waals surface area contributed by atoms with Gasteiger partial charge in [0.15, 0.2) is 0 Å². The van der Waals surface area contributed by atoms with Crippen LogP contribution in [-0.4, -0.2) is 35.0 Å². The number of hydrogen-bond acceptors (Lipinski definition) is 3. The fourth-order valence-corrected chi connectivity index (χ4v) is 8.01. The highest BCUT2D eigenvalue weighted by atomic mass is 16.4. The summed E-state index contributed by atoms with van der Waals surface area (Å²) in [6.45, 7) is 7.67. The second-order valence-electron chi connectivity index (χ2n) is 10.4. The van der Waals surface area contributed by atoms with Crippen LogP contribution in [0.4, 0.5) is 0 Å². The maximum atomic E-state index is 9.51. The van der Waals surface area contributed by atoms with E-state index in [9.17, 15) is 5.21 Å². The second-order valence-corrected chi connectivity index (χ2v) is 10.4. The number of oxime groups is 1. The van der Waals surface area contributed by atoms with Crippen LogP contribution in [0.2, 0.25) is 0 Å². The normalized spacial score (nSPS) is 50.2. The maximum Gasteiger partial charge on any atom is 0.0632 e. The Morgan fingerprint density at radius 3 is 2.54 bits per heavy atom. The van der Waals surface area contributed by atoms with Crippen molar-refractivity contribution in [2.24, 2.45) is 33.7 Å². The van der Waals surface area contributed by atoms with E-state index < -0.39 is 0 Å². The van der Waals surface area contributed by atoms with Gasteiger partial charge in [0.05, 0.1) is 5.71 Å². The van der Waals surface area contributed by atoms with Gasteiger partial charge in [-0.05, 0) is 100 Å². The van der Waals surface area contributed by atoms with Crippen molar-refractivity contribution in [3.8, 4) is 0 Å². The molecule has 1 saturated heterocycles. The van der Waals surface area contributed by atoms with E-state index in [4.69, 9.17) is 0 Å². The molecule has 0 amide bonds. The van der Waals surface area contributed by atoms with Crippen molar-refractivity contribution in [3.05, 3.63) is 11.6 Å². The number of fused-ring (bicyclic) bond motifs is 5. The second kappa shape index (κ2) is 6.09. The minimum Gasteiger partial charge on any atom is -0.411 e. The minimum absolute atomic E-state index is 0.171. The monoisotopic (exact) mass is 356 g/mol. The molecule has 4 aliphatic carbocycles. The molecule has 5 rings (SSSR count). The molecule has 0 spiro atoms. The topological polar surface area (TPSA) is 35.8 Å². The molecule has 3 saturated carbocycles. The molecule has 0 aromatic carbocycles. The highest BCUT2D eigenvalue weighted by Gasteiger charge is 2.58. The molecule has 0 aromatic heterocycles. The Kier molecular flexibility index (Phi) is 4.05. The van der Waals surface area contributed by atoms with Crippen molar-refractivity contribution >= 4 is 5.71 Å². The fraction of sp³-hybridized carbons (Fsp3) is 0.870. The van der Waals surface area contributed by atoms with Gasteiger partial charge in [-0.2, -0.15) is 0 Å². The number of rotatable bonds is 1. The first-order valence-corrected chi connectivity index (χ1v) is 11.2. The first-order valence-electron chi connectivity index (χ1n) is 11.2. The van der Waals surface area contributed by atoms with E-state index >= 15 is 0 Å². The molecule has 4 fully saturated rings. The minimum atomic E-state index is 0.171. The quantitative estimate of drug-likeness (QED) is 0.396. The highest BCUT2D eigenvalue weighted by Crippen LogP contribution is 2.64. The van der Waals surface area contributed by atoms with Gasteiger partial charge in [-0.1, -0.05) is 30.7 Å². The third-order valence-corrected chi connectivity index (χ3v) is 9.60. The summed E-state index contributed by atoms with van der Waals surface area (Å²) < 4.78 is 0. The van der Waals surface area contributed by atoms with Gasteiger partial charge in [-0.25, -0.2) is 0 Å². The van der Waals surface area contributed by atoms with Gasteiger partial charge in [0.1, 0.15) is 0 Å². The van der Waals surface area contributed by atoms with Crippen LogP contribution in [0.5, 0.6) is 0 Å². The van der Waals surface area contributed by atoms with Crippen LogP contribution in [0, 0.1) is 28.6 Å². The van der Waals surface area contributed by atoms with Gasteiger partial charge in [0.25, 0.3) is 0 Å². The molecule has 144 valence electrons. The van der Waals surface area contributed by atoms with Gasteiger partial charge >= 0.3 is 0 Å². The van der Waals surface area contributed by atoms with Gasteiger partial charge in [0.2, 0.25) is 0 Å². The van der Waals surface area contributed by atoms with Crippen molar-refractivity contribution in [1.82, 2.24) is 4.90 Å². The Labute approximate surface area is 158 Å². The standard InChI is InChI=1S/C23H36N2O/c1-22-11-9-17(25-13-3-4-14-25)15-16(22)5-6-18-19-7-8-21(24-26)23(19,2)12-10-20(18)22/h5,17-20,26H,3-4,6-15H2,1-2H3/b24-21-/t17-,18-,19-,20-,22-,23-/m0/s1. The molecule has 3 heteroatoms. The largest absolute Gasteiger partial charge is 0.411 e. The Morgan fingerprint density at radius 1 is 1.04 bits per heavy atom. The Hall–Kier alpha value is -0.830. The average Bonchev–Trinajstić information content (AvgIpc) is 3.28. The van der Waals surface area contributed by atoms with E-state index in [0.29, 0.717) is 5.41 Å². The lowest BCUT2D eigenvalue weighted by molar-refractivity contribution is -0.0149. The summed E-state index contributed by atoms with van der Waals surface area (Å²) in [5.41, 5.74) is 3.52. The van der Waals surface area contributed by atoms with Crippen molar-refractivity contribution in [3.63, 3.8) is 0 Å². The molecule has 0 aromatic rings. The summed E-state index contributed by atoms with van der Waals surface area (Å²) in [5, 5.41) is 13.2. The molecule has 3 nitrogen and oxygen atoms in total. The van der Waals surface area contributed by atoms with E-state index in [1.54, 1.807) is 5.57 Å². The number of nitrogens with zero attached hydrogens (tertiary/aromatic N) is 2. The van der Waals surface area contributed by atoms with Gasteiger partial charge in [-0.3, -0.25) is 0 Å². The zero-order valence-corrected chi connectivity index (χ0v) is 16.7. The third kappa shape index (κ3) is 2.31. The molecule has 1 heterocycles. The summed E-state index contributed by atoms with van der Waals surface area (Å²) in [4.78, 5) is 2.78. The summed E-state index contributed by atoms with van der Waals surface area (Å²) >= 11 is 0. The summed E-state index contributed by atoms with van der Waals surface area (Å²) in [6, 6.07) is 0.821. The Morgan fingerprint density at radius 2 is 1.77 bits per heavy atom. The zero-order chi connectivity index (χ0) is 17.9. The van der Waals surface area contributed by atoms with Crippen LogP contribution in [0.15, 0.2) is 16.8 Å². The molecular formula is C23H36N2O. The predicted octanol–water partition coefficient (Wildman–Crippen LogP) is 5.24. The van der Waals surface area contributed by atoms with Crippen LogP contribution in [0.3, 0.4) is 0 Å². The predicted molar refractivity (Wildman–Crippen MR) is 106 cm³/mol. The Bertz CT molecular complexity index is 634. The third-order valence-electron chi connectivity index (χ3n) is 9.60. The molecule has 0 bridgehead atoms. The Balaban J connectivity index is 1.41. The molecule has 0 unspecified atom stereocenters. The number of likely N-dealkylation sites (tertiary alicyclic amines) is 1. The molecule has 6 atom stereocenters. The lowest BCUT2D eigenvalue weighted by Crippen LogP contribution is -2.51. The molecule has 5 aliphatic rings. The zero-order valence-electron chi connectivity index (χ0n) is 16.7. The summed E-state index contributed by atoms with van der Waals surface area (Å²) in [5.74, 6) is 2.40. The van der Waals surface area contributed by atoms with Gasteiger partial charge in [-0.15, -0.1) is 0 Å². The van der Waals surface area contributed by atoms with E-state index in [1.807, 2.05) is 0 Å². The SMILES string of the molecule is C[C@]12CC[C@H](N3CCCC3)CC1=CC[C@@H]1[C@@H]2CC[C@]2(C)/C(=N\O)CC[C@@H]12. The first-order chi connectivity index (χ1) is 12.6. The van der Waals surface area contributed by atoms with Crippen molar-refractivity contribution in [2.75, 3.05) is 13.1 Å². The van der Waals surface area contributed by atoms with Crippen molar-refractivity contribution < 1.29 is 5.21 Å². The number of hydrogen-bond donors (Lipinski definition) is 1. The molecule has 26 heavy (non-hydrogen) atoms. The first kappa shape index (κ1) is 17.3. The molecular weight excluding hydrogens is 320 g/mol. The lowest BCUT2D eigenvalue weighted by Gasteiger charge is -2.57. The van der Waals surface area contributed by atoms with E-state index in [2.05, 4.69) is 30.0 Å². The van der Waals surface area contributed by atoms with Crippen molar-refractivity contribution in [2.45, 2.75) is 84.1 Å². The smallest absolute Gasteiger partial charge is 0.0632 e. The van der Waals surface area contributed by atoms with Gasteiger partial charge < -0.3 is 10.1 Å². The van der Waals surface area contributed by atoms with Crippen LogP contribution >= 0.6 is 0 Å². The average molecular weight is 357 g/mol. The number of allylic oxidation sites excluding steroid dienone is 1. The fourth-order valence-electron chi connectivity index (χ4n) is 8.01. The van der Waals surface area contributed by atoms with Crippen LogP contribution in [0.25, 0.3) is 0 Å². The summed E-state index contributed by atoms with van der Waals surface area (Å²) in [7, 11) is 0. The lowest BCUT2D eigenvalue weighted by atomic mass is 9.48. The highest BCUT2D eigenvalue weighted by molar-refractivity contribution is 5.92. The van der Waals surface area contributed by atoms with Crippen LogP contribution in [-0.2, 0) is 0 Å². The van der Waals surface area contributed by atoms with E-state index in [1.165, 1.54) is 70.9 Å². The molecule has 0 radical (unpaired) electrons. The molecule has 1 N–H and O–H groups in total. The summed E-state index contributed by atoms with van der Waals surface area (Å²) in [6.07, 6.45) is 15.7. The van der Waals surface area contributed by atoms with Crippen LogP contribution in [0.1, 0.15) is 78.1 Å². The molecule has 1 aliphatic heterocycles. The van der Waals surface area contributed by atoms with Gasteiger partial charge in [0, 0.05) is 11.5 Å². The van der Waals surface area contributed by atoms with E-state index in [-0.39, 0.29) is 5.41 Å². The van der Waals surface area contributed by atoms with Crippen LogP contribution < -0.4 is 0 Å². The van der Waals surface area contributed by atoms with Crippen molar-refractivity contribution in [1.29, 1.82) is 0 Å². The maximum absolute atomic E-state index is 9.51.